The first-order valence-corrected chi connectivity index (χ1v) is 10.5. The normalized spacial score (nSPS) is 15.0. The molecule has 0 unspecified atom stereocenters. The maximum absolute atomic E-state index is 5.78. The molecule has 0 saturated carbocycles. The van der Waals surface area contributed by atoms with Gasteiger partial charge in [-0.25, -0.2) is 9.55 Å². The van der Waals surface area contributed by atoms with Gasteiger partial charge in [0.05, 0.1) is 19.7 Å². The summed E-state index contributed by atoms with van der Waals surface area (Å²) in [4.78, 5) is 6.16. The summed E-state index contributed by atoms with van der Waals surface area (Å²) in [5.74, 6) is 2.01. The highest BCUT2D eigenvalue weighted by atomic mass is 16.5. The van der Waals surface area contributed by atoms with Gasteiger partial charge in [0.1, 0.15) is 16.8 Å². The molecule has 0 radical (unpaired) electrons. The standard InChI is InChI=1S/C23H30N4O/c1-2-28-22-13-7-4-10-19(22)18-24-23-25-20-11-5-6-12-21(20)27(23)17-16-26-14-8-3-9-15-26/h4-7,10-13H,2-3,8-9,14-18H2,1H3,(H,24,25)/p+1. The van der Waals surface area contributed by atoms with Crippen LogP contribution < -0.4 is 14.6 Å². The van der Waals surface area contributed by atoms with E-state index in [1.807, 2.05) is 19.1 Å². The van der Waals surface area contributed by atoms with Gasteiger partial charge in [-0.1, -0.05) is 36.8 Å². The number of benzene rings is 2. The Bertz CT molecular complexity index is 899. The molecule has 3 aromatic rings. The molecule has 1 fully saturated rings. The van der Waals surface area contributed by atoms with E-state index in [2.05, 4.69) is 56.2 Å². The van der Waals surface area contributed by atoms with Crippen LogP contribution in [0.25, 0.3) is 11.0 Å². The molecule has 0 bridgehead atoms. The highest BCUT2D eigenvalue weighted by molar-refractivity contribution is 5.72. The molecule has 1 saturated heterocycles. The number of H-pyrrole nitrogens is 1. The average Bonchev–Trinajstić information content (AvgIpc) is 3.10. The molecule has 2 N–H and O–H groups in total. The largest absolute Gasteiger partial charge is 0.493 e. The van der Waals surface area contributed by atoms with Gasteiger partial charge in [0.2, 0.25) is 0 Å². The Labute approximate surface area is 167 Å². The molecule has 28 heavy (non-hydrogen) atoms. The van der Waals surface area contributed by atoms with Crippen LogP contribution >= 0.6 is 0 Å². The topological polar surface area (TPSA) is 44.2 Å². The lowest BCUT2D eigenvalue weighted by atomic mass is 10.1. The zero-order chi connectivity index (χ0) is 19.2. The summed E-state index contributed by atoms with van der Waals surface area (Å²) < 4.78 is 8.16. The molecule has 2 aromatic carbocycles. The van der Waals surface area contributed by atoms with Crippen LogP contribution in [-0.4, -0.2) is 36.1 Å². The molecule has 5 heteroatoms. The van der Waals surface area contributed by atoms with Crippen molar-refractivity contribution in [1.29, 1.82) is 0 Å². The second kappa shape index (κ2) is 9.11. The number of hydrogen-bond donors (Lipinski definition) is 2. The molecule has 0 spiro atoms. The van der Waals surface area contributed by atoms with Crippen LogP contribution in [0.3, 0.4) is 0 Å². The fourth-order valence-corrected chi connectivity index (χ4v) is 4.05. The Hall–Kier alpha value is -2.53. The van der Waals surface area contributed by atoms with Crippen molar-refractivity contribution < 1.29 is 9.30 Å². The first-order valence-electron chi connectivity index (χ1n) is 10.5. The third-order valence-corrected chi connectivity index (χ3v) is 5.53. The smallest absolute Gasteiger partial charge is 0.356 e. The number of likely N-dealkylation sites (tertiary alicyclic amines) is 1. The van der Waals surface area contributed by atoms with Crippen LogP contribution in [0.15, 0.2) is 48.5 Å². The second-order valence-corrected chi connectivity index (χ2v) is 7.44. The maximum atomic E-state index is 5.78. The highest BCUT2D eigenvalue weighted by Gasteiger charge is 2.19. The van der Waals surface area contributed by atoms with E-state index in [-0.39, 0.29) is 0 Å². The summed E-state index contributed by atoms with van der Waals surface area (Å²) in [5, 5.41) is 3.61. The van der Waals surface area contributed by atoms with Gasteiger partial charge in [0, 0.05) is 12.1 Å². The predicted octanol–water partition coefficient (Wildman–Crippen LogP) is 3.95. The van der Waals surface area contributed by atoms with Gasteiger partial charge in [-0.2, -0.15) is 0 Å². The third kappa shape index (κ3) is 4.30. The monoisotopic (exact) mass is 379 g/mol. The van der Waals surface area contributed by atoms with Gasteiger partial charge < -0.3 is 9.64 Å². The summed E-state index contributed by atoms with van der Waals surface area (Å²) in [5.41, 5.74) is 3.59. The van der Waals surface area contributed by atoms with Crippen LogP contribution in [0.4, 0.5) is 5.95 Å². The molecular weight excluding hydrogens is 348 g/mol. The minimum absolute atomic E-state index is 0.680. The van der Waals surface area contributed by atoms with Gasteiger partial charge >= 0.3 is 5.95 Å². The van der Waals surface area contributed by atoms with E-state index in [9.17, 15) is 0 Å². The lowest BCUT2D eigenvalue weighted by Crippen LogP contribution is -2.43. The number of para-hydroxylation sites is 3. The van der Waals surface area contributed by atoms with E-state index in [0.717, 1.165) is 31.3 Å². The number of piperidine rings is 1. The molecule has 1 aliphatic rings. The molecule has 2 heterocycles. The van der Waals surface area contributed by atoms with Crippen LogP contribution in [0.2, 0.25) is 0 Å². The number of nitrogens with zero attached hydrogens (tertiary/aromatic N) is 2. The molecule has 0 atom stereocenters. The van der Waals surface area contributed by atoms with Gasteiger partial charge in [0.15, 0.2) is 0 Å². The molecule has 4 rings (SSSR count). The number of anilines is 1. The number of ether oxygens (including phenoxy) is 1. The van der Waals surface area contributed by atoms with Crippen molar-refractivity contribution in [2.45, 2.75) is 39.3 Å². The molecule has 0 aliphatic carbocycles. The van der Waals surface area contributed by atoms with Gasteiger partial charge in [-0.15, -0.1) is 0 Å². The van der Waals surface area contributed by atoms with Crippen molar-refractivity contribution in [3.05, 3.63) is 54.1 Å². The van der Waals surface area contributed by atoms with Crippen molar-refractivity contribution in [1.82, 2.24) is 9.88 Å². The molecule has 148 valence electrons. The highest BCUT2D eigenvalue weighted by Crippen LogP contribution is 2.20. The SMILES string of the molecule is CCOc1ccccc1CNc1[nH]c2ccccc2[n+]1CCN1CCCCC1. The Morgan fingerprint density at radius 3 is 2.68 bits per heavy atom. The van der Waals surface area contributed by atoms with Crippen LogP contribution in [-0.2, 0) is 13.1 Å². The molecule has 5 nitrogen and oxygen atoms in total. The van der Waals surface area contributed by atoms with Crippen LogP contribution in [0.5, 0.6) is 5.75 Å². The van der Waals surface area contributed by atoms with Gasteiger partial charge in [-0.3, -0.25) is 5.32 Å². The minimum Gasteiger partial charge on any atom is -0.493 e. The van der Waals surface area contributed by atoms with Gasteiger partial charge in [-0.05, 0) is 51.1 Å². The first kappa shape index (κ1) is 18.8. The Morgan fingerprint density at radius 1 is 1.04 bits per heavy atom. The summed E-state index contributed by atoms with van der Waals surface area (Å²) in [6.45, 7) is 7.97. The van der Waals surface area contributed by atoms with Crippen molar-refractivity contribution in [2.24, 2.45) is 0 Å². The lowest BCUT2D eigenvalue weighted by molar-refractivity contribution is -0.656. The number of rotatable bonds is 8. The molecular formula is C23H31N4O+. The van der Waals surface area contributed by atoms with E-state index in [1.54, 1.807) is 0 Å². The van der Waals surface area contributed by atoms with Gasteiger partial charge in [0.25, 0.3) is 0 Å². The van der Waals surface area contributed by atoms with Crippen molar-refractivity contribution in [3.8, 4) is 5.75 Å². The fourth-order valence-electron chi connectivity index (χ4n) is 4.05. The third-order valence-electron chi connectivity index (χ3n) is 5.53. The zero-order valence-corrected chi connectivity index (χ0v) is 16.8. The first-order chi connectivity index (χ1) is 13.8. The Morgan fingerprint density at radius 2 is 1.82 bits per heavy atom. The Balaban J connectivity index is 1.53. The number of aromatic amines is 1. The summed E-state index contributed by atoms with van der Waals surface area (Å²) >= 11 is 0. The maximum Gasteiger partial charge on any atom is 0.356 e. The zero-order valence-electron chi connectivity index (χ0n) is 16.8. The Kier molecular flexibility index (Phi) is 6.12. The van der Waals surface area contributed by atoms with Crippen LogP contribution in [0, 0.1) is 0 Å². The number of imidazole rings is 1. The summed E-state index contributed by atoms with van der Waals surface area (Å²) in [7, 11) is 0. The average molecular weight is 380 g/mol. The van der Waals surface area contributed by atoms with E-state index >= 15 is 0 Å². The number of nitrogens with one attached hydrogen (secondary N) is 2. The van der Waals surface area contributed by atoms with Crippen molar-refractivity contribution >= 4 is 17.0 Å². The number of hydrogen-bond acceptors (Lipinski definition) is 3. The lowest BCUT2D eigenvalue weighted by Gasteiger charge is -2.25. The summed E-state index contributed by atoms with van der Waals surface area (Å²) in [6.07, 6.45) is 4.04. The van der Waals surface area contributed by atoms with Crippen molar-refractivity contribution in [3.63, 3.8) is 0 Å². The fraction of sp³-hybridized carbons (Fsp3) is 0.435. The van der Waals surface area contributed by atoms with E-state index in [0.29, 0.717) is 6.61 Å². The van der Waals surface area contributed by atoms with E-state index < -0.39 is 0 Å². The predicted molar refractivity (Wildman–Crippen MR) is 114 cm³/mol. The quantitative estimate of drug-likeness (QED) is 0.583. The van der Waals surface area contributed by atoms with Crippen molar-refractivity contribution in [2.75, 3.05) is 31.6 Å². The van der Waals surface area contributed by atoms with E-state index in [1.165, 1.54) is 48.9 Å². The molecule has 0 amide bonds. The summed E-state index contributed by atoms with van der Waals surface area (Å²) in [6, 6.07) is 16.8. The minimum atomic E-state index is 0.680. The van der Waals surface area contributed by atoms with Crippen LogP contribution in [0.1, 0.15) is 31.7 Å². The molecule has 1 aliphatic heterocycles. The second-order valence-electron chi connectivity index (χ2n) is 7.44. The molecule has 1 aromatic heterocycles. The number of fused-ring (bicyclic) bond motifs is 1. The van der Waals surface area contributed by atoms with E-state index in [4.69, 9.17) is 4.74 Å². The number of aromatic nitrogens is 2.